The van der Waals surface area contributed by atoms with Gasteiger partial charge >= 0.3 is 0 Å². The van der Waals surface area contributed by atoms with Crippen LogP contribution >= 0.6 is 0 Å². The van der Waals surface area contributed by atoms with Gasteiger partial charge in [0.05, 0.1) is 11.9 Å². The molecule has 2 rings (SSSR count). The molecule has 0 saturated carbocycles. The number of hydrogen-bond acceptors (Lipinski definition) is 4. The Morgan fingerprint density at radius 1 is 1.64 bits per heavy atom. The van der Waals surface area contributed by atoms with Crippen molar-refractivity contribution < 1.29 is 9.50 Å². The van der Waals surface area contributed by atoms with Gasteiger partial charge in [0.1, 0.15) is 5.60 Å². The summed E-state index contributed by atoms with van der Waals surface area (Å²) in [5.41, 5.74) is -0.365. The molecule has 0 aliphatic carbocycles. The number of nitrogens with one attached hydrogen (secondary N) is 2. The van der Waals surface area contributed by atoms with Gasteiger partial charge in [-0.2, -0.15) is 0 Å². The fourth-order valence-electron chi connectivity index (χ4n) is 1.32. The van der Waals surface area contributed by atoms with Crippen molar-refractivity contribution >= 4 is 5.69 Å². The van der Waals surface area contributed by atoms with E-state index in [1.54, 1.807) is 6.07 Å². The highest BCUT2D eigenvalue weighted by atomic mass is 19.1. The van der Waals surface area contributed by atoms with Crippen molar-refractivity contribution in [3.63, 3.8) is 0 Å². The molecule has 1 aromatic heterocycles. The summed E-state index contributed by atoms with van der Waals surface area (Å²) in [5, 5.41) is 15.5. The first-order valence-corrected chi connectivity index (χ1v) is 4.46. The number of β-amino-alcohol motifs (C(OH)–C–C–N with tert-alkyl or cyclic N) is 1. The van der Waals surface area contributed by atoms with E-state index in [2.05, 4.69) is 15.6 Å². The van der Waals surface area contributed by atoms with Crippen molar-refractivity contribution in [2.24, 2.45) is 0 Å². The molecule has 1 aliphatic rings. The number of aliphatic hydroxyl groups is 1. The van der Waals surface area contributed by atoms with E-state index >= 15 is 0 Å². The molecule has 0 radical (unpaired) electrons. The molecule has 3 N–H and O–H groups in total. The van der Waals surface area contributed by atoms with Crippen molar-refractivity contribution in [3.8, 4) is 0 Å². The minimum atomic E-state index is -0.740. The Bertz CT molecular complexity index is 328. The summed E-state index contributed by atoms with van der Waals surface area (Å²) in [5.74, 6) is -0.400. The van der Waals surface area contributed by atoms with E-state index in [4.69, 9.17) is 0 Å². The molecule has 0 spiro atoms. The Kier molecular flexibility index (Phi) is 2.35. The number of pyridine rings is 1. The second-order valence-electron chi connectivity index (χ2n) is 3.54. The molecular weight excluding hydrogens is 185 g/mol. The van der Waals surface area contributed by atoms with E-state index < -0.39 is 11.4 Å². The summed E-state index contributed by atoms with van der Waals surface area (Å²) in [7, 11) is 0. The lowest BCUT2D eigenvalue weighted by Gasteiger charge is -2.37. The quantitative estimate of drug-likeness (QED) is 0.636. The summed E-state index contributed by atoms with van der Waals surface area (Å²) in [4.78, 5) is 3.63. The van der Waals surface area contributed by atoms with Gasteiger partial charge in [-0.3, -0.25) is 4.98 Å². The molecule has 1 aromatic rings. The molecule has 0 amide bonds. The monoisotopic (exact) mass is 197 g/mol. The zero-order valence-electron chi connectivity index (χ0n) is 7.63. The third-order valence-corrected chi connectivity index (χ3v) is 2.29. The predicted octanol–water partition coefficient (Wildman–Crippen LogP) is -0.0331. The van der Waals surface area contributed by atoms with Crippen LogP contribution in [0.15, 0.2) is 18.5 Å². The first kappa shape index (κ1) is 9.36. The van der Waals surface area contributed by atoms with Crippen LogP contribution in [0, 0.1) is 5.82 Å². The van der Waals surface area contributed by atoms with E-state index in [-0.39, 0.29) is 0 Å². The largest absolute Gasteiger partial charge is 0.385 e. The van der Waals surface area contributed by atoms with Gasteiger partial charge in [0.15, 0.2) is 5.82 Å². The molecule has 0 aromatic carbocycles. The first-order valence-electron chi connectivity index (χ1n) is 4.46. The maximum Gasteiger partial charge on any atom is 0.164 e. The van der Waals surface area contributed by atoms with E-state index in [0.717, 1.165) is 6.20 Å². The van der Waals surface area contributed by atoms with Crippen LogP contribution in [0.5, 0.6) is 0 Å². The Balaban J connectivity index is 1.95. The molecule has 5 heteroatoms. The highest BCUT2D eigenvalue weighted by molar-refractivity contribution is 5.43. The first-order chi connectivity index (χ1) is 6.70. The lowest BCUT2D eigenvalue weighted by atomic mass is 9.97. The van der Waals surface area contributed by atoms with Crippen LogP contribution in [0.1, 0.15) is 0 Å². The molecule has 1 fully saturated rings. The molecule has 2 heterocycles. The Morgan fingerprint density at radius 2 is 2.43 bits per heavy atom. The van der Waals surface area contributed by atoms with Crippen molar-refractivity contribution in [2.75, 3.05) is 25.0 Å². The van der Waals surface area contributed by atoms with Crippen LogP contribution < -0.4 is 10.6 Å². The highest BCUT2D eigenvalue weighted by Gasteiger charge is 2.33. The van der Waals surface area contributed by atoms with Gasteiger partial charge in [-0.05, 0) is 6.07 Å². The van der Waals surface area contributed by atoms with Gasteiger partial charge in [0, 0.05) is 25.8 Å². The van der Waals surface area contributed by atoms with Gasteiger partial charge in [-0.1, -0.05) is 0 Å². The highest BCUT2D eigenvalue weighted by Crippen LogP contribution is 2.15. The zero-order chi connectivity index (χ0) is 10.0. The number of halogens is 1. The summed E-state index contributed by atoms with van der Waals surface area (Å²) >= 11 is 0. The third-order valence-electron chi connectivity index (χ3n) is 2.29. The predicted molar refractivity (Wildman–Crippen MR) is 50.5 cm³/mol. The molecule has 0 unspecified atom stereocenters. The SMILES string of the molecule is OC1(CNc2ccncc2F)CNC1. The molecule has 0 bridgehead atoms. The molecule has 0 atom stereocenters. The van der Waals surface area contributed by atoms with Gasteiger partial charge in [-0.15, -0.1) is 0 Å². The van der Waals surface area contributed by atoms with Crippen LogP contribution in [0.3, 0.4) is 0 Å². The maximum absolute atomic E-state index is 13.1. The second kappa shape index (κ2) is 3.51. The molecule has 4 nitrogen and oxygen atoms in total. The summed E-state index contributed by atoms with van der Waals surface area (Å²) in [6.45, 7) is 1.44. The van der Waals surface area contributed by atoms with Crippen molar-refractivity contribution in [2.45, 2.75) is 5.60 Å². The van der Waals surface area contributed by atoms with E-state index in [0.29, 0.717) is 25.3 Å². The second-order valence-corrected chi connectivity index (χ2v) is 3.54. The van der Waals surface area contributed by atoms with Crippen LogP contribution in [0.4, 0.5) is 10.1 Å². The van der Waals surface area contributed by atoms with Gasteiger partial charge in [-0.25, -0.2) is 4.39 Å². The number of aromatic nitrogens is 1. The van der Waals surface area contributed by atoms with Crippen molar-refractivity contribution in [3.05, 3.63) is 24.3 Å². The van der Waals surface area contributed by atoms with Crippen LogP contribution in [-0.2, 0) is 0 Å². The molecule has 14 heavy (non-hydrogen) atoms. The lowest BCUT2D eigenvalue weighted by Crippen LogP contribution is -2.63. The van der Waals surface area contributed by atoms with E-state index in [1.165, 1.54) is 6.20 Å². The fraction of sp³-hybridized carbons (Fsp3) is 0.444. The smallest absolute Gasteiger partial charge is 0.164 e. The summed E-state index contributed by atoms with van der Waals surface area (Å²) < 4.78 is 13.1. The Morgan fingerprint density at radius 3 is 3.00 bits per heavy atom. The van der Waals surface area contributed by atoms with E-state index in [1.807, 2.05) is 0 Å². The maximum atomic E-state index is 13.1. The van der Waals surface area contributed by atoms with Crippen molar-refractivity contribution in [1.82, 2.24) is 10.3 Å². The number of rotatable bonds is 3. The third kappa shape index (κ3) is 1.83. The fourth-order valence-corrected chi connectivity index (χ4v) is 1.32. The average molecular weight is 197 g/mol. The van der Waals surface area contributed by atoms with Crippen LogP contribution in [-0.4, -0.2) is 35.3 Å². The van der Waals surface area contributed by atoms with Gasteiger partial charge in [0.25, 0.3) is 0 Å². The Labute approximate surface area is 81.2 Å². The Hall–Kier alpha value is -1.20. The number of hydrogen-bond donors (Lipinski definition) is 3. The zero-order valence-corrected chi connectivity index (χ0v) is 7.63. The summed E-state index contributed by atoms with van der Waals surface area (Å²) in [6, 6.07) is 1.55. The summed E-state index contributed by atoms with van der Waals surface area (Å²) in [6.07, 6.45) is 2.65. The molecule has 1 saturated heterocycles. The number of nitrogens with zero attached hydrogens (tertiary/aromatic N) is 1. The average Bonchev–Trinajstić information content (AvgIpc) is 2.14. The van der Waals surface area contributed by atoms with Crippen LogP contribution in [0.25, 0.3) is 0 Å². The topological polar surface area (TPSA) is 57.2 Å². The lowest BCUT2D eigenvalue weighted by molar-refractivity contribution is 0.00308. The van der Waals surface area contributed by atoms with Gasteiger partial charge in [0.2, 0.25) is 0 Å². The minimum Gasteiger partial charge on any atom is -0.385 e. The normalized spacial score (nSPS) is 18.7. The van der Waals surface area contributed by atoms with Gasteiger partial charge < -0.3 is 15.7 Å². The minimum absolute atomic E-state index is 0.348. The van der Waals surface area contributed by atoms with E-state index in [9.17, 15) is 9.50 Å². The van der Waals surface area contributed by atoms with Crippen LogP contribution in [0.2, 0.25) is 0 Å². The standard InChI is InChI=1S/C9H12FN3O/c10-7-3-11-2-1-8(7)13-6-9(14)4-12-5-9/h1-3,12,14H,4-6H2,(H,11,13). The van der Waals surface area contributed by atoms with Crippen molar-refractivity contribution in [1.29, 1.82) is 0 Å². The molecular formula is C9H12FN3O. The molecule has 1 aliphatic heterocycles. The number of anilines is 1. The molecule has 76 valence electrons.